The second-order valence-electron chi connectivity index (χ2n) is 7.22. The van der Waals surface area contributed by atoms with Gasteiger partial charge in [0, 0.05) is 23.2 Å². The number of hydrogen-bond acceptors (Lipinski definition) is 4. The molecule has 0 heterocycles. The monoisotopic (exact) mass is 460 g/mol. The molecule has 0 saturated heterocycles. The minimum absolute atomic E-state index is 0.0248. The number of rotatable bonds is 8. The smallest absolute Gasteiger partial charge is 0.387 e. The minimum atomic E-state index is -3.51. The first-order valence-corrected chi connectivity index (χ1v) is 11.5. The third-order valence-corrected chi connectivity index (χ3v) is 5.16. The summed E-state index contributed by atoms with van der Waals surface area (Å²) in [5, 5.41) is 2.72. The van der Waals surface area contributed by atoms with Crippen LogP contribution in [0.15, 0.2) is 66.7 Å². The highest BCUT2D eigenvalue weighted by atomic mass is 32.2. The number of aryl methyl sites for hydroxylation is 1. The molecule has 3 aromatic carbocycles. The van der Waals surface area contributed by atoms with Gasteiger partial charge in [-0.25, -0.2) is 8.42 Å². The van der Waals surface area contributed by atoms with Crippen molar-refractivity contribution in [3.8, 4) is 5.75 Å². The third-order valence-electron chi connectivity index (χ3n) is 4.57. The average molecular weight is 461 g/mol. The van der Waals surface area contributed by atoms with Gasteiger partial charge in [-0.3, -0.25) is 9.52 Å². The Morgan fingerprint density at radius 1 is 1.03 bits per heavy atom. The van der Waals surface area contributed by atoms with E-state index in [1.54, 1.807) is 25.1 Å². The first-order valence-electron chi connectivity index (χ1n) is 9.62. The summed E-state index contributed by atoms with van der Waals surface area (Å²) in [5.74, 6) is -0.452. The second-order valence-corrected chi connectivity index (χ2v) is 8.97. The van der Waals surface area contributed by atoms with E-state index in [0.717, 1.165) is 11.8 Å². The molecule has 0 spiro atoms. The van der Waals surface area contributed by atoms with Gasteiger partial charge in [-0.1, -0.05) is 36.4 Å². The van der Waals surface area contributed by atoms with Crippen molar-refractivity contribution in [2.75, 3.05) is 16.3 Å². The summed E-state index contributed by atoms with van der Waals surface area (Å²) in [6.07, 6.45) is 1.36. The van der Waals surface area contributed by atoms with Crippen LogP contribution in [0.2, 0.25) is 0 Å². The summed E-state index contributed by atoms with van der Waals surface area (Å²) in [7, 11) is -3.51. The summed E-state index contributed by atoms with van der Waals surface area (Å²) < 4.78 is 55.7. The largest absolute Gasteiger partial charge is 0.435 e. The van der Waals surface area contributed by atoms with Crippen LogP contribution in [-0.4, -0.2) is 27.2 Å². The van der Waals surface area contributed by atoms with E-state index in [0.29, 0.717) is 28.9 Å². The molecule has 3 aromatic rings. The lowest BCUT2D eigenvalue weighted by Gasteiger charge is -2.14. The van der Waals surface area contributed by atoms with Crippen LogP contribution in [0.25, 0.3) is 0 Å². The molecule has 3 rings (SSSR count). The van der Waals surface area contributed by atoms with E-state index >= 15 is 0 Å². The molecule has 0 aromatic heterocycles. The van der Waals surface area contributed by atoms with Crippen LogP contribution in [0, 0.1) is 6.92 Å². The van der Waals surface area contributed by atoms with E-state index in [9.17, 15) is 22.0 Å². The van der Waals surface area contributed by atoms with Crippen molar-refractivity contribution in [3.63, 3.8) is 0 Å². The lowest BCUT2D eigenvalue weighted by Crippen LogP contribution is -2.15. The first kappa shape index (κ1) is 23.2. The lowest BCUT2D eigenvalue weighted by atomic mass is 10.0. The van der Waals surface area contributed by atoms with Crippen LogP contribution >= 0.6 is 0 Å². The molecule has 1 amide bonds. The number of anilines is 2. The lowest BCUT2D eigenvalue weighted by molar-refractivity contribution is -0.0503. The molecule has 0 saturated carbocycles. The maximum Gasteiger partial charge on any atom is 0.387 e. The SMILES string of the molecule is Cc1ccc(C(=O)Nc2ccc(OC(F)F)c(Cc3ccccc3)c2)cc1NS(C)(=O)=O. The number of nitrogens with one attached hydrogen (secondary N) is 2. The van der Waals surface area contributed by atoms with Crippen molar-refractivity contribution in [2.45, 2.75) is 20.0 Å². The predicted molar refractivity (Wildman–Crippen MR) is 120 cm³/mol. The summed E-state index contributed by atoms with van der Waals surface area (Å²) in [5.41, 5.74) is 2.96. The summed E-state index contributed by atoms with van der Waals surface area (Å²) >= 11 is 0. The maximum absolute atomic E-state index is 12.8. The van der Waals surface area contributed by atoms with Crippen LogP contribution in [0.4, 0.5) is 20.2 Å². The molecular weight excluding hydrogens is 438 g/mol. The Morgan fingerprint density at radius 3 is 2.41 bits per heavy atom. The number of benzene rings is 3. The Bertz CT molecular complexity index is 1220. The van der Waals surface area contributed by atoms with Crippen LogP contribution in [0.3, 0.4) is 0 Å². The third kappa shape index (κ3) is 6.52. The van der Waals surface area contributed by atoms with E-state index < -0.39 is 22.5 Å². The highest BCUT2D eigenvalue weighted by molar-refractivity contribution is 7.92. The van der Waals surface area contributed by atoms with E-state index in [1.807, 2.05) is 30.3 Å². The standard InChI is InChI=1S/C23H22F2N2O4S/c1-15-8-9-17(14-20(15)27-32(2,29)30)22(28)26-19-10-11-21(31-23(24)25)18(13-19)12-16-6-4-3-5-7-16/h3-11,13-14,23,27H,12H2,1-2H3,(H,26,28). The molecule has 9 heteroatoms. The molecule has 0 unspecified atom stereocenters. The number of alkyl halides is 2. The van der Waals surface area contributed by atoms with Gasteiger partial charge in [-0.15, -0.1) is 0 Å². The molecule has 0 aliphatic rings. The zero-order valence-corrected chi connectivity index (χ0v) is 18.2. The van der Waals surface area contributed by atoms with E-state index in [2.05, 4.69) is 14.8 Å². The van der Waals surface area contributed by atoms with Crippen LogP contribution < -0.4 is 14.8 Å². The van der Waals surface area contributed by atoms with Gasteiger partial charge in [0.1, 0.15) is 5.75 Å². The molecule has 0 aliphatic carbocycles. The van der Waals surface area contributed by atoms with Gasteiger partial charge in [0.25, 0.3) is 5.91 Å². The topological polar surface area (TPSA) is 84.5 Å². The van der Waals surface area contributed by atoms with Gasteiger partial charge < -0.3 is 10.1 Å². The number of hydrogen-bond donors (Lipinski definition) is 2. The summed E-state index contributed by atoms with van der Waals surface area (Å²) in [6.45, 7) is -1.26. The van der Waals surface area contributed by atoms with Crippen molar-refractivity contribution in [1.29, 1.82) is 0 Å². The van der Waals surface area contributed by atoms with Crippen molar-refractivity contribution in [2.24, 2.45) is 0 Å². The molecule has 2 N–H and O–H groups in total. The second kappa shape index (κ2) is 9.78. The van der Waals surface area contributed by atoms with Gasteiger partial charge in [0.15, 0.2) is 0 Å². The fourth-order valence-corrected chi connectivity index (χ4v) is 3.72. The number of carbonyl (C=O) groups is 1. The number of sulfonamides is 1. The fraction of sp³-hybridized carbons (Fsp3) is 0.174. The average Bonchev–Trinajstić information content (AvgIpc) is 2.71. The highest BCUT2D eigenvalue weighted by Gasteiger charge is 2.14. The van der Waals surface area contributed by atoms with Crippen LogP contribution in [0.1, 0.15) is 27.0 Å². The van der Waals surface area contributed by atoms with Crippen LogP contribution in [0.5, 0.6) is 5.75 Å². The first-order chi connectivity index (χ1) is 15.1. The van der Waals surface area contributed by atoms with Crippen molar-refractivity contribution in [3.05, 3.63) is 89.0 Å². The molecule has 32 heavy (non-hydrogen) atoms. The molecule has 6 nitrogen and oxygen atoms in total. The number of halogens is 2. The van der Waals surface area contributed by atoms with Gasteiger partial charge in [-0.05, 0) is 48.4 Å². The number of ether oxygens (including phenoxy) is 1. The van der Waals surface area contributed by atoms with Crippen molar-refractivity contribution >= 4 is 27.3 Å². The maximum atomic E-state index is 12.8. The van der Waals surface area contributed by atoms with Crippen molar-refractivity contribution < 1.29 is 26.7 Å². The normalized spacial score (nSPS) is 11.3. The van der Waals surface area contributed by atoms with Gasteiger partial charge in [0.2, 0.25) is 10.0 Å². The Morgan fingerprint density at radius 2 is 1.75 bits per heavy atom. The predicted octanol–water partition coefficient (Wildman–Crippen LogP) is 4.81. The van der Waals surface area contributed by atoms with E-state index in [4.69, 9.17) is 0 Å². The molecule has 0 atom stereocenters. The number of amides is 1. The van der Waals surface area contributed by atoms with Gasteiger partial charge in [-0.2, -0.15) is 8.78 Å². The molecule has 0 bridgehead atoms. The van der Waals surface area contributed by atoms with Gasteiger partial charge >= 0.3 is 6.61 Å². The molecular formula is C23H22F2N2O4S. The Hall–Kier alpha value is -3.46. The van der Waals surface area contributed by atoms with Crippen molar-refractivity contribution in [1.82, 2.24) is 0 Å². The molecule has 0 aliphatic heterocycles. The van der Waals surface area contributed by atoms with Crippen LogP contribution in [-0.2, 0) is 16.4 Å². The Labute approximate surface area is 185 Å². The summed E-state index contributed by atoms with van der Waals surface area (Å²) in [4.78, 5) is 12.7. The quantitative estimate of drug-likeness (QED) is 0.505. The van der Waals surface area contributed by atoms with E-state index in [-0.39, 0.29) is 11.3 Å². The molecule has 0 radical (unpaired) electrons. The van der Waals surface area contributed by atoms with E-state index in [1.165, 1.54) is 18.2 Å². The Kier molecular flexibility index (Phi) is 7.09. The van der Waals surface area contributed by atoms with Gasteiger partial charge in [0.05, 0.1) is 11.9 Å². The minimum Gasteiger partial charge on any atom is -0.435 e. The zero-order chi connectivity index (χ0) is 23.3. The number of carbonyl (C=O) groups excluding carboxylic acids is 1. The zero-order valence-electron chi connectivity index (χ0n) is 17.4. The summed E-state index contributed by atoms with van der Waals surface area (Å²) in [6, 6.07) is 18.3. The Balaban J connectivity index is 1.86. The molecule has 168 valence electrons. The fourth-order valence-electron chi connectivity index (χ4n) is 3.10. The highest BCUT2D eigenvalue weighted by Crippen LogP contribution is 2.28. The molecule has 0 fully saturated rings.